The number of hydrogen-bond acceptors (Lipinski definition) is 4. The fourth-order valence-corrected chi connectivity index (χ4v) is 1.80. The summed E-state index contributed by atoms with van der Waals surface area (Å²) < 4.78 is 1.82. The van der Waals surface area contributed by atoms with Crippen LogP contribution in [-0.4, -0.2) is 23.6 Å². The van der Waals surface area contributed by atoms with Crippen LogP contribution in [0.15, 0.2) is 30.6 Å². The minimum absolute atomic E-state index is 0.665. The van der Waals surface area contributed by atoms with Crippen molar-refractivity contribution in [2.24, 2.45) is 7.05 Å². The molecule has 0 saturated carbocycles. The number of aryl methyl sites for hydroxylation is 1. The van der Waals surface area contributed by atoms with Crippen LogP contribution in [-0.2, 0) is 13.6 Å². The van der Waals surface area contributed by atoms with Crippen molar-refractivity contribution in [3.05, 3.63) is 41.9 Å². The van der Waals surface area contributed by atoms with Gasteiger partial charge in [-0.3, -0.25) is 0 Å². The molecule has 98 valence electrons. The summed E-state index contributed by atoms with van der Waals surface area (Å²) in [7, 11) is 5.79. The molecule has 2 rings (SSSR count). The lowest BCUT2D eigenvalue weighted by atomic mass is 10.3. The molecule has 0 spiro atoms. The molecule has 2 aromatic rings. The molecule has 0 amide bonds. The monoisotopic (exact) mass is 255 g/mol. The summed E-state index contributed by atoms with van der Waals surface area (Å²) in [5.41, 5.74) is 2.71. The van der Waals surface area contributed by atoms with Crippen LogP contribution in [0.1, 0.15) is 11.3 Å². The van der Waals surface area contributed by atoms with E-state index in [4.69, 9.17) is 5.26 Å². The summed E-state index contributed by atoms with van der Waals surface area (Å²) in [6.45, 7) is 0.679. The number of rotatable bonds is 4. The maximum atomic E-state index is 8.89. The third kappa shape index (κ3) is 3.05. The molecule has 0 unspecified atom stereocenters. The Kier molecular flexibility index (Phi) is 3.71. The number of hydrogen-bond donors (Lipinski definition) is 1. The molecule has 2 heterocycles. The van der Waals surface area contributed by atoms with E-state index in [0.717, 1.165) is 17.1 Å². The van der Waals surface area contributed by atoms with E-state index in [1.54, 1.807) is 0 Å². The molecule has 0 aromatic carbocycles. The predicted octanol–water partition coefficient (Wildman–Crippen LogP) is 1.97. The highest BCUT2D eigenvalue weighted by molar-refractivity contribution is 5.48. The summed E-state index contributed by atoms with van der Waals surface area (Å²) in [4.78, 5) is 6.29. The smallest absolute Gasteiger partial charge is 0.128 e. The van der Waals surface area contributed by atoms with Crippen molar-refractivity contribution in [2.45, 2.75) is 6.54 Å². The Morgan fingerprint density at radius 1 is 1.42 bits per heavy atom. The summed E-state index contributed by atoms with van der Waals surface area (Å²) in [5.74, 6) is 0.928. The van der Waals surface area contributed by atoms with E-state index in [0.29, 0.717) is 12.2 Å². The fourth-order valence-electron chi connectivity index (χ4n) is 1.80. The third-order valence-electron chi connectivity index (χ3n) is 2.88. The van der Waals surface area contributed by atoms with Crippen LogP contribution < -0.4 is 10.2 Å². The zero-order valence-electron chi connectivity index (χ0n) is 11.4. The second-order valence-corrected chi connectivity index (χ2v) is 4.61. The van der Waals surface area contributed by atoms with Gasteiger partial charge in [-0.1, -0.05) is 0 Å². The molecule has 0 bridgehead atoms. The topological polar surface area (TPSA) is 56.9 Å². The van der Waals surface area contributed by atoms with Crippen LogP contribution in [0.2, 0.25) is 0 Å². The van der Waals surface area contributed by atoms with Gasteiger partial charge in [-0.05, 0) is 23.8 Å². The molecule has 0 saturated heterocycles. The average molecular weight is 255 g/mol. The van der Waals surface area contributed by atoms with Crippen LogP contribution in [0.5, 0.6) is 0 Å². The number of aromatic nitrogens is 2. The van der Waals surface area contributed by atoms with Gasteiger partial charge < -0.3 is 14.8 Å². The summed E-state index contributed by atoms with van der Waals surface area (Å²) in [5, 5.41) is 12.2. The lowest BCUT2D eigenvalue weighted by Crippen LogP contribution is -2.10. The highest BCUT2D eigenvalue weighted by Gasteiger charge is 2.02. The van der Waals surface area contributed by atoms with Crippen molar-refractivity contribution < 1.29 is 0 Å². The van der Waals surface area contributed by atoms with Crippen molar-refractivity contribution in [3.63, 3.8) is 0 Å². The van der Waals surface area contributed by atoms with E-state index in [9.17, 15) is 0 Å². The molecular formula is C14H17N5. The van der Waals surface area contributed by atoms with E-state index < -0.39 is 0 Å². The van der Waals surface area contributed by atoms with Gasteiger partial charge in [-0.15, -0.1) is 0 Å². The van der Waals surface area contributed by atoms with Crippen LogP contribution in [0.25, 0.3) is 0 Å². The van der Waals surface area contributed by atoms with Gasteiger partial charge in [0.2, 0.25) is 0 Å². The van der Waals surface area contributed by atoms with Gasteiger partial charge in [0.25, 0.3) is 0 Å². The van der Waals surface area contributed by atoms with E-state index in [1.807, 2.05) is 61.2 Å². The Hall–Kier alpha value is -2.48. The SMILES string of the molecule is CN(C)c1ccc(NCc2cc(C#N)n(C)c2)cn1. The molecule has 0 aliphatic carbocycles. The highest BCUT2D eigenvalue weighted by Crippen LogP contribution is 2.13. The Morgan fingerprint density at radius 3 is 2.74 bits per heavy atom. The molecule has 5 nitrogen and oxygen atoms in total. The average Bonchev–Trinajstić information content (AvgIpc) is 2.77. The van der Waals surface area contributed by atoms with Gasteiger partial charge in [0.15, 0.2) is 0 Å². The predicted molar refractivity (Wildman–Crippen MR) is 76.0 cm³/mol. The number of nitrogens with one attached hydrogen (secondary N) is 1. The maximum absolute atomic E-state index is 8.89. The first-order valence-electron chi connectivity index (χ1n) is 6.02. The summed E-state index contributed by atoms with van der Waals surface area (Å²) in [6, 6.07) is 8.00. The number of nitrogens with zero attached hydrogens (tertiary/aromatic N) is 4. The van der Waals surface area contributed by atoms with Crippen molar-refractivity contribution in [3.8, 4) is 6.07 Å². The summed E-state index contributed by atoms with van der Waals surface area (Å²) in [6.07, 6.45) is 3.76. The van der Waals surface area contributed by atoms with Gasteiger partial charge >= 0.3 is 0 Å². The van der Waals surface area contributed by atoms with E-state index in [1.165, 1.54) is 0 Å². The van der Waals surface area contributed by atoms with Crippen LogP contribution >= 0.6 is 0 Å². The first-order valence-corrected chi connectivity index (χ1v) is 6.02. The van der Waals surface area contributed by atoms with Crippen LogP contribution in [0.4, 0.5) is 11.5 Å². The van der Waals surface area contributed by atoms with E-state index in [-0.39, 0.29) is 0 Å². The third-order valence-corrected chi connectivity index (χ3v) is 2.88. The Morgan fingerprint density at radius 2 is 2.21 bits per heavy atom. The van der Waals surface area contributed by atoms with Crippen molar-refractivity contribution in [2.75, 3.05) is 24.3 Å². The van der Waals surface area contributed by atoms with E-state index >= 15 is 0 Å². The van der Waals surface area contributed by atoms with Gasteiger partial charge in [0.1, 0.15) is 17.6 Å². The molecule has 0 aliphatic heterocycles. The normalized spacial score (nSPS) is 10.0. The largest absolute Gasteiger partial charge is 0.380 e. The minimum atomic E-state index is 0.665. The van der Waals surface area contributed by atoms with E-state index in [2.05, 4.69) is 16.4 Å². The molecule has 5 heteroatoms. The zero-order valence-corrected chi connectivity index (χ0v) is 11.4. The van der Waals surface area contributed by atoms with Crippen molar-refractivity contribution in [1.82, 2.24) is 9.55 Å². The minimum Gasteiger partial charge on any atom is -0.380 e. The molecule has 1 N–H and O–H groups in total. The number of pyridine rings is 1. The Labute approximate surface area is 113 Å². The standard InChI is InChI=1S/C14H17N5/c1-18(2)14-5-4-12(9-17-14)16-8-11-6-13(7-15)19(3)10-11/h4-6,9-10,16H,8H2,1-3H3. The molecule has 2 aromatic heterocycles. The second kappa shape index (κ2) is 5.44. The maximum Gasteiger partial charge on any atom is 0.128 e. The molecule has 0 aliphatic rings. The first kappa shape index (κ1) is 13.0. The molecule has 0 atom stereocenters. The Bertz CT molecular complexity index is 589. The lowest BCUT2D eigenvalue weighted by Gasteiger charge is -2.11. The van der Waals surface area contributed by atoms with Gasteiger partial charge in [0.05, 0.1) is 11.9 Å². The van der Waals surface area contributed by atoms with Crippen molar-refractivity contribution >= 4 is 11.5 Å². The number of anilines is 2. The number of nitriles is 1. The highest BCUT2D eigenvalue weighted by atomic mass is 15.1. The van der Waals surface area contributed by atoms with Gasteiger partial charge in [0, 0.05) is 33.9 Å². The first-order chi connectivity index (χ1) is 9.10. The summed E-state index contributed by atoms with van der Waals surface area (Å²) >= 11 is 0. The lowest BCUT2D eigenvalue weighted by molar-refractivity contribution is 0.902. The Balaban J connectivity index is 2.00. The zero-order chi connectivity index (χ0) is 13.8. The fraction of sp³-hybridized carbons (Fsp3) is 0.286. The van der Waals surface area contributed by atoms with Crippen LogP contribution in [0.3, 0.4) is 0 Å². The van der Waals surface area contributed by atoms with Gasteiger partial charge in [-0.2, -0.15) is 5.26 Å². The molecule has 19 heavy (non-hydrogen) atoms. The quantitative estimate of drug-likeness (QED) is 0.907. The second-order valence-electron chi connectivity index (χ2n) is 4.61. The van der Waals surface area contributed by atoms with Gasteiger partial charge in [-0.25, -0.2) is 4.98 Å². The van der Waals surface area contributed by atoms with Crippen LogP contribution in [0, 0.1) is 11.3 Å². The molecule has 0 radical (unpaired) electrons. The molecule has 0 fully saturated rings. The molecular weight excluding hydrogens is 238 g/mol. The van der Waals surface area contributed by atoms with Crippen molar-refractivity contribution in [1.29, 1.82) is 5.26 Å².